The van der Waals surface area contributed by atoms with Gasteiger partial charge in [0.15, 0.2) is 0 Å². The van der Waals surface area contributed by atoms with Gasteiger partial charge in [-0.25, -0.2) is 9.59 Å². The lowest BCUT2D eigenvalue weighted by atomic mass is 10.1. The normalized spacial score (nSPS) is 12.2. The first-order chi connectivity index (χ1) is 16.7. The van der Waals surface area contributed by atoms with Crippen LogP contribution in [0.3, 0.4) is 0 Å². The van der Waals surface area contributed by atoms with Crippen LogP contribution in [-0.2, 0) is 30.3 Å². The van der Waals surface area contributed by atoms with E-state index < -0.39 is 59.5 Å². The number of ether oxygens (including phenoxy) is 1. The third-order valence-corrected chi connectivity index (χ3v) is 4.55. The Morgan fingerprint density at radius 3 is 2.43 bits per heavy atom. The summed E-state index contributed by atoms with van der Waals surface area (Å²) in [6.45, 7) is 0.324. The average molecular weight is 492 g/mol. The van der Waals surface area contributed by atoms with E-state index in [1.807, 2.05) is 0 Å². The largest absolute Gasteiger partial charge is 0.463 e. The third kappa shape index (κ3) is 7.89. The molecule has 0 radical (unpaired) electrons. The van der Waals surface area contributed by atoms with Gasteiger partial charge in [0, 0.05) is 6.42 Å². The van der Waals surface area contributed by atoms with Crippen LogP contribution in [0.1, 0.15) is 18.7 Å². The van der Waals surface area contributed by atoms with Crippen molar-refractivity contribution in [3.8, 4) is 0 Å². The molecule has 0 unspecified atom stereocenters. The maximum atomic E-state index is 13.7. The van der Waals surface area contributed by atoms with Crippen LogP contribution in [0, 0.1) is 5.82 Å². The Morgan fingerprint density at radius 2 is 1.80 bits per heavy atom. The van der Waals surface area contributed by atoms with Crippen molar-refractivity contribution in [2.75, 3.05) is 19.7 Å². The fourth-order valence-corrected chi connectivity index (χ4v) is 2.92. The standard InChI is InChI=1S/C21H25FN6O7/c1-2-35-20(33)17(28-11-13(22)18(31)27-21(28)34)26-16(30)10-24-19(32)14(25-15(29)9-23)8-12-6-4-3-5-7-12/h3-7,11,14,17H,2,8-10,23H2,1H3,(H,24,32)(H,25,29)(H,26,30)(H,27,31,34)/t14-,17+/m0/s1. The number of hydrogen-bond acceptors (Lipinski definition) is 8. The molecule has 6 N–H and O–H groups in total. The number of carbonyl (C=O) groups is 4. The minimum atomic E-state index is -1.82. The molecule has 0 saturated carbocycles. The van der Waals surface area contributed by atoms with Gasteiger partial charge in [0.2, 0.25) is 29.7 Å². The number of benzene rings is 1. The van der Waals surface area contributed by atoms with Crippen molar-refractivity contribution < 1.29 is 28.3 Å². The minimum absolute atomic E-state index is 0.109. The van der Waals surface area contributed by atoms with E-state index in [2.05, 4.69) is 16.0 Å². The Morgan fingerprint density at radius 1 is 1.11 bits per heavy atom. The summed E-state index contributed by atoms with van der Waals surface area (Å²) < 4.78 is 18.9. The number of nitrogens with two attached hydrogens (primary N) is 1. The Labute approximate surface area is 197 Å². The molecule has 0 bridgehead atoms. The van der Waals surface area contributed by atoms with Crippen molar-refractivity contribution in [3.05, 3.63) is 68.7 Å². The van der Waals surface area contributed by atoms with Gasteiger partial charge < -0.3 is 26.4 Å². The average Bonchev–Trinajstić information content (AvgIpc) is 2.83. The Bertz CT molecular complexity index is 1180. The summed E-state index contributed by atoms with van der Waals surface area (Å²) in [6, 6.07) is 7.71. The number of H-pyrrole nitrogens is 1. The SMILES string of the molecule is CCOC(=O)[C@H](NC(=O)CNC(=O)[C@H](Cc1ccccc1)NC(=O)CN)n1cc(F)c(=O)[nH]c1=O. The Kier molecular flexibility index (Phi) is 9.84. The highest BCUT2D eigenvalue weighted by Crippen LogP contribution is 2.05. The fourth-order valence-electron chi connectivity index (χ4n) is 2.92. The monoisotopic (exact) mass is 492 g/mol. The van der Waals surface area contributed by atoms with Crippen LogP contribution in [0.2, 0.25) is 0 Å². The first-order valence-electron chi connectivity index (χ1n) is 10.4. The molecule has 0 saturated heterocycles. The molecule has 13 nitrogen and oxygen atoms in total. The van der Waals surface area contributed by atoms with Crippen LogP contribution in [0.4, 0.5) is 4.39 Å². The van der Waals surface area contributed by atoms with Crippen molar-refractivity contribution >= 4 is 23.7 Å². The maximum Gasteiger partial charge on any atom is 0.350 e. The van der Waals surface area contributed by atoms with Gasteiger partial charge in [0.25, 0.3) is 5.56 Å². The van der Waals surface area contributed by atoms with Gasteiger partial charge >= 0.3 is 11.7 Å². The number of aromatic nitrogens is 2. The molecule has 2 atom stereocenters. The number of hydrogen-bond donors (Lipinski definition) is 5. The highest BCUT2D eigenvalue weighted by Gasteiger charge is 2.27. The quantitative estimate of drug-likeness (QED) is 0.215. The number of rotatable bonds is 11. The Hall–Kier alpha value is -4.33. The highest BCUT2D eigenvalue weighted by molar-refractivity contribution is 5.92. The van der Waals surface area contributed by atoms with Crippen LogP contribution in [-0.4, -0.2) is 59.0 Å². The smallest absolute Gasteiger partial charge is 0.350 e. The summed E-state index contributed by atoms with van der Waals surface area (Å²) >= 11 is 0. The van der Waals surface area contributed by atoms with Crippen molar-refractivity contribution in [3.63, 3.8) is 0 Å². The zero-order chi connectivity index (χ0) is 26.0. The van der Waals surface area contributed by atoms with E-state index >= 15 is 0 Å². The number of aromatic amines is 1. The van der Waals surface area contributed by atoms with Crippen molar-refractivity contribution in [1.29, 1.82) is 0 Å². The second-order valence-electron chi connectivity index (χ2n) is 7.10. The van der Waals surface area contributed by atoms with Gasteiger partial charge in [-0.15, -0.1) is 0 Å². The van der Waals surface area contributed by atoms with Crippen LogP contribution >= 0.6 is 0 Å². The highest BCUT2D eigenvalue weighted by atomic mass is 19.1. The van der Waals surface area contributed by atoms with E-state index in [0.29, 0.717) is 10.8 Å². The van der Waals surface area contributed by atoms with Crippen molar-refractivity contribution in [1.82, 2.24) is 25.5 Å². The van der Waals surface area contributed by atoms with Gasteiger partial charge in [-0.2, -0.15) is 4.39 Å². The van der Waals surface area contributed by atoms with Gasteiger partial charge in [-0.05, 0) is 12.5 Å². The van der Waals surface area contributed by atoms with E-state index in [0.717, 1.165) is 5.56 Å². The van der Waals surface area contributed by atoms with E-state index in [-0.39, 0.29) is 19.6 Å². The second-order valence-corrected chi connectivity index (χ2v) is 7.10. The maximum absolute atomic E-state index is 13.7. The van der Waals surface area contributed by atoms with Gasteiger partial charge in [0.1, 0.15) is 6.04 Å². The molecule has 188 valence electrons. The van der Waals surface area contributed by atoms with Crippen LogP contribution in [0.25, 0.3) is 0 Å². The van der Waals surface area contributed by atoms with Crippen molar-refractivity contribution in [2.24, 2.45) is 5.73 Å². The molecule has 2 rings (SSSR count). The summed E-state index contributed by atoms with van der Waals surface area (Å²) in [4.78, 5) is 74.1. The first kappa shape index (κ1) is 26.9. The predicted molar refractivity (Wildman–Crippen MR) is 119 cm³/mol. The van der Waals surface area contributed by atoms with Gasteiger partial charge in [0.05, 0.1) is 25.9 Å². The summed E-state index contributed by atoms with van der Waals surface area (Å²) in [5.41, 5.74) is 3.55. The molecule has 0 spiro atoms. The minimum Gasteiger partial charge on any atom is -0.463 e. The lowest BCUT2D eigenvalue weighted by Gasteiger charge is -2.21. The molecular formula is C21H25FN6O7. The topological polar surface area (TPSA) is 194 Å². The number of amides is 3. The lowest BCUT2D eigenvalue weighted by Crippen LogP contribution is -2.52. The zero-order valence-corrected chi connectivity index (χ0v) is 18.7. The molecule has 35 heavy (non-hydrogen) atoms. The predicted octanol–water partition coefficient (Wildman–Crippen LogP) is -2.34. The van der Waals surface area contributed by atoms with Crippen molar-refractivity contribution in [2.45, 2.75) is 25.6 Å². The van der Waals surface area contributed by atoms with Crippen LogP contribution in [0.5, 0.6) is 0 Å². The molecule has 3 amide bonds. The Balaban J connectivity index is 2.13. The molecule has 0 aliphatic rings. The van der Waals surface area contributed by atoms with E-state index in [9.17, 15) is 33.2 Å². The van der Waals surface area contributed by atoms with Crippen LogP contribution < -0.4 is 32.9 Å². The van der Waals surface area contributed by atoms with Gasteiger partial charge in [-0.1, -0.05) is 30.3 Å². The molecule has 1 heterocycles. The molecule has 1 aromatic heterocycles. The molecule has 1 aromatic carbocycles. The summed E-state index contributed by atoms with van der Waals surface area (Å²) in [5, 5.41) is 6.91. The van der Waals surface area contributed by atoms with Crippen LogP contribution in [0.15, 0.2) is 46.1 Å². The van der Waals surface area contributed by atoms with E-state index in [1.165, 1.54) is 6.92 Å². The van der Waals surface area contributed by atoms with E-state index in [1.54, 1.807) is 35.3 Å². The zero-order valence-electron chi connectivity index (χ0n) is 18.7. The summed E-state index contributed by atoms with van der Waals surface area (Å²) in [7, 11) is 0. The number of esters is 1. The molecule has 0 fully saturated rings. The van der Waals surface area contributed by atoms with E-state index in [4.69, 9.17) is 10.5 Å². The number of halogens is 1. The summed E-state index contributed by atoms with van der Waals surface area (Å²) in [6.07, 6.45) is -1.27. The molecule has 0 aliphatic carbocycles. The second kappa shape index (κ2) is 12.8. The lowest BCUT2D eigenvalue weighted by molar-refractivity contribution is -0.150. The molecule has 14 heteroatoms. The molecule has 0 aliphatic heterocycles. The fraction of sp³-hybridized carbons (Fsp3) is 0.333. The summed E-state index contributed by atoms with van der Waals surface area (Å²) in [5.74, 6) is -4.74. The number of carbonyl (C=O) groups excluding carboxylic acids is 4. The number of nitrogens with one attached hydrogen (secondary N) is 4. The molecular weight excluding hydrogens is 467 g/mol. The molecule has 2 aromatic rings. The number of nitrogens with zero attached hydrogens (tertiary/aromatic N) is 1. The third-order valence-electron chi connectivity index (χ3n) is 4.55. The first-order valence-corrected chi connectivity index (χ1v) is 10.4. The van der Waals surface area contributed by atoms with Gasteiger partial charge in [-0.3, -0.25) is 28.7 Å².